The van der Waals surface area contributed by atoms with Crippen LogP contribution in [0.5, 0.6) is 11.5 Å². The van der Waals surface area contributed by atoms with Crippen molar-refractivity contribution in [3.05, 3.63) is 84.3 Å². The Labute approximate surface area is 164 Å². The zero-order valence-electron chi connectivity index (χ0n) is 15.0. The van der Waals surface area contributed by atoms with E-state index in [1.54, 1.807) is 47.2 Å². The summed E-state index contributed by atoms with van der Waals surface area (Å²) in [6, 6.07) is 16.8. The van der Waals surface area contributed by atoms with Crippen molar-refractivity contribution in [3.63, 3.8) is 0 Å². The van der Waals surface area contributed by atoms with Gasteiger partial charge >= 0.3 is 5.97 Å². The van der Waals surface area contributed by atoms with Gasteiger partial charge in [0.05, 0.1) is 16.8 Å². The standard InChI is InChI=1S/C22H15FN2O4/c23-17-10-9-13(11-16(17)22(28)29)25-12-18(14-5-1-3-7-19(14)26)24-21(25)15-6-2-4-8-20(15)27/h1-12,26-27H,(H,28,29). The first-order valence-electron chi connectivity index (χ1n) is 8.65. The molecule has 144 valence electrons. The summed E-state index contributed by atoms with van der Waals surface area (Å²) in [7, 11) is 0. The summed E-state index contributed by atoms with van der Waals surface area (Å²) in [6.45, 7) is 0. The first-order chi connectivity index (χ1) is 14.0. The van der Waals surface area contributed by atoms with Crippen LogP contribution in [0.1, 0.15) is 10.4 Å². The molecule has 3 aromatic carbocycles. The Morgan fingerprint density at radius 2 is 1.52 bits per heavy atom. The zero-order chi connectivity index (χ0) is 20.5. The third kappa shape index (κ3) is 3.29. The molecule has 0 saturated carbocycles. The van der Waals surface area contributed by atoms with Gasteiger partial charge in [-0.25, -0.2) is 14.2 Å². The smallest absolute Gasteiger partial charge is 0.338 e. The number of para-hydroxylation sites is 2. The van der Waals surface area contributed by atoms with Crippen molar-refractivity contribution < 1.29 is 24.5 Å². The molecule has 0 aliphatic carbocycles. The average molecular weight is 390 g/mol. The van der Waals surface area contributed by atoms with E-state index in [0.29, 0.717) is 28.3 Å². The summed E-state index contributed by atoms with van der Waals surface area (Å²) >= 11 is 0. The highest BCUT2D eigenvalue weighted by molar-refractivity contribution is 5.88. The van der Waals surface area contributed by atoms with Crippen LogP contribution in [-0.2, 0) is 0 Å². The molecular formula is C22H15FN2O4. The molecule has 6 nitrogen and oxygen atoms in total. The maximum atomic E-state index is 13.9. The second-order valence-electron chi connectivity index (χ2n) is 6.32. The van der Waals surface area contributed by atoms with Gasteiger partial charge in [0, 0.05) is 17.4 Å². The highest BCUT2D eigenvalue weighted by atomic mass is 19.1. The number of carboxylic acids is 1. The van der Waals surface area contributed by atoms with Crippen molar-refractivity contribution in [2.24, 2.45) is 0 Å². The molecule has 0 amide bonds. The van der Waals surface area contributed by atoms with Gasteiger partial charge < -0.3 is 15.3 Å². The van der Waals surface area contributed by atoms with Crippen LogP contribution < -0.4 is 0 Å². The summed E-state index contributed by atoms with van der Waals surface area (Å²) in [5, 5.41) is 29.7. The fourth-order valence-electron chi connectivity index (χ4n) is 3.08. The topological polar surface area (TPSA) is 95.6 Å². The largest absolute Gasteiger partial charge is 0.507 e. The van der Waals surface area contributed by atoms with Gasteiger partial charge in [-0.15, -0.1) is 0 Å². The monoisotopic (exact) mass is 390 g/mol. The Bertz CT molecular complexity index is 1230. The van der Waals surface area contributed by atoms with Crippen LogP contribution in [0.25, 0.3) is 28.3 Å². The lowest BCUT2D eigenvalue weighted by Crippen LogP contribution is -2.04. The van der Waals surface area contributed by atoms with Crippen molar-refractivity contribution in [2.45, 2.75) is 0 Å². The van der Waals surface area contributed by atoms with E-state index in [9.17, 15) is 24.5 Å². The molecule has 0 spiro atoms. The average Bonchev–Trinajstić information content (AvgIpc) is 3.13. The number of phenols is 2. The lowest BCUT2D eigenvalue weighted by atomic mass is 10.1. The van der Waals surface area contributed by atoms with Gasteiger partial charge in [0.1, 0.15) is 23.1 Å². The summed E-state index contributed by atoms with van der Waals surface area (Å²) in [5.74, 6) is -1.94. The fraction of sp³-hybridized carbons (Fsp3) is 0. The SMILES string of the molecule is O=C(O)c1cc(-n2cc(-c3ccccc3O)nc2-c2ccccc2O)ccc1F. The van der Waals surface area contributed by atoms with E-state index in [2.05, 4.69) is 4.98 Å². The molecule has 0 fully saturated rings. The van der Waals surface area contributed by atoms with E-state index in [-0.39, 0.29) is 11.5 Å². The van der Waals surface area contributed by atoms with Gasteiger partial charge in [-0.1, -0.05) is 24.3 Å². The van der Waals surface area contributed by atoms with Crippen LogP contribution in [0, 0.1) is 5.82 Å². The van der Waals surface area contributed by atoms with Crippen LogP contribution >= 0.6 is 0 Å². The molecule has 4 aromatic rings. The van der Waals surface area contributed by atoms with Crippen molar-refractivity contribution >= 4 is 5.97 Å². The Morgan fingerprint density at radius 3 is 2.14 bits per heavy atom. The minimum Gasteiger partial charge on any atom is -0.507 e. The number of halogens is 1. The normalized spacial score (nSPS) is 10.8. The Morgan fingerprint density at radius 1 is 0.897 bits per heavy atom. The van der Waals surface area contributed by atoms with Gasteiger partial charge in [-0.05, 0) is 42.5 Å². The molecule has 0 atom stereocenters. The molecule has 0 aliphatic rings. The number of aromatic carboxylic acids is 1. The Hall–Kier alpha value is -4.13. The summed E-state index contributed by atoms with van der Waals surface area (Å²) in [6.07, 6.45) is 1.59. The fourth-order valence-corrected chi connectivity index (χ4v) is 3.08. The van der Waals surface area contributed by atoms with E-state index >= 15 is 0 Å². The number of hydrogen-bond donors (Lipinski definition) is 3. The second-order valence-corrected chi connectivity index (χ2v) is 6.32. The van der Waals surface area contributed by atoms with Crippen LogP contribution in [0.3, 0.4) is 0 Å². The third-order valence-electron chi connectivity index (χ3n) is 4.49. The number of aromatic hydroxyl groups is 2. The maximum absolute atomic E-state index is 13.9. The number of nitrogens with zero attached hydrogens (tertiary/aromatic N) is 2. The second kappa shape index (κ2) is 7.12. The highest BCUT2D eigenvalue weighted by Gasteiger charge is 2.19. The van der Waals surface area contributed by atoms with Crippen LogP contribution in [0.2, 0.25) is 0 Å². The van der Waals surface area contributed by atoms with Crippen molar-refractivity contribution in [1.82, 2.24) is 9.55 Å². The molecule has 4 rings (SSSR count). The van der Waals surface area contributed by atoms with Crippen LogP contribution in [-0.4, -0.2) is 30.8 Å². The molecule has 1 aromatic heterocycles. The van der Waals surface area contributed by atoms with Crippen molar-refractivity contribution in [3.8, 4) is 39.8 Å². The number of imidazole rings is 1. The van der Waals surface area contributed by atoms with Crippen LogP contribution in [0.4, 0.5) is 4.39 Å². The van der Waals surface area contributed by atoms with Gasteiger partial charge in [0.2, 0.25) is 0 Å². The lowest BCUT2D eigenvalue weighted by molar-refractivity contribution is 0.0692. The summed E-state index contributed by atoms with van der Waals surface area (Å²) in [4.78, 5) is 15.9. The Kier molecular flexibility index (Phi) is 4.48. The van der Waals surface area contributed by atoms with E-state index in [1.165, 1.54) is 24.3 Å². The third-order valence-corrected chi connectivity index (χ3v) is 4.49. The first-order valence-corrected chi connectivity index (χ1v) is 8.65. The highest BCUT2D eigenvalue weighted by Crippen LogP contribution is 2.35. The van der Waals surface area contributed by atoms with E-state index in [4.69, 9.17) is 0 Å². The van der Waals surface area contributed by atoms with E-state index < -0.39 is 17.3 Å². The number of phenolic OH excluding ortho intramolecular Hbond substituents is 2. The number of aromatic nitrogens is 2. The number of carboxylic acid groups (broad SMARTS) is 1. The number of benzene rings is 3. The first kappa shape index (κ1) is 18.2. The van der Waals surface area contributed by atoms with Crippen LogP contribution in [0.15, 0.2) is 72.9 Å². The van der Waals surface area contributed by atoms with E-state index in [0.717, 1.165) is 6.07 Å². The number of rotatable bonds is 4. The molecule has 7 heteroatoms. The molecule has 0 aliphatic heterocycles. The molecule has 0 bridgehead atoms. The predicted molar refractivity (Wildman–Crippen MR) is 105 cm³/mol. The van der Waals surface area contributed by atoms with Gasteiger partial charge in [-0.2, -0.15) is 0 Å². The molecule has 0 radical (unpaired) electrons. The molecule has 1 heterocycles. The minimum atomic E-state index is -1.39. The minimum absolute atomic E-state index is 0.0197. The van der Waals surface area contributed by atoms with E-state index in [1.807, 2.05) is 0 Å². The van der Waals surface area contributed by atoms with Gasteiger partial charge in [0.15, 0.2) is 0 Å². The number of carbonyl (C=O) groups is 1. The molecule has 0 saturated heterocycles. The molecular weight excluding hydrogens is 375 g/mol. The quantitative estimate of drug-likeness (QED) is 0.478. The molecule has 29 heavy (non-hydrogen) atoms. The van der Waals surface area contributed by atoms with Crippen molar-refractivity contribution in [2.75, 3.05) is 0 Å². The number of hydrogen-bond acceptors (Lipinski definition) is 4. The summed E-state index contributed by atoms with van der Waals surface area (Å²) in [5.41, 5.74) is 1.13. The molecule has 3 N–H and O–H groups in total. The molecule has 0 unspecified atom stereocenters. The van der Waals surface area contributed by atoms with Crippen molar-refractivity contribution in [1.29, 1.82) is 0 Å². The van der Waals surface area contributed by atoms with Gasteiger partial charge in [0.25, 0.3) is 0 Å². The summed E-state index contributed by atoms with van der Waals surface area (Å²) < 4.78 is 15.4. The zero-order valence-corrected chi connectivity index (χ0v) is 15.0. The predicted octanol–water partition coefficient (Wildman–Crippen LogP) is 4.45. The Balaban J connectivity index is 1.98. The van der Waals surface area contributed by atoms with Gasteiger partial charge in [-0.3, -0.25) is 4.57 Å². The maximum Gasteiger partial charge on any atom is 0.338 e. The lowest BCUT2D eigenvalue weighted by Gasteiger charge is -2.10.